The van der Waals surface area contributed by atoms with Crippen LogP contribution in [0.25, 0.3) is 6.08 Å². The molecule has 0 N–H and O–H groups in total. The lowest BCUT2D eigenvalue weighted by Crippen LogP contribution is -2.27. The smallest absolute Gasteiger partial charge is 0.293 e. The Morgan fingerprint density at radius 2 is 1.81 bits per heavy atom. The first-order chi connectivity index (χ1) is 15.4. The van der Waals surface area contributed by atoms with Gasteiger partial charge in [0, 0.05) is 10.0 Å². The molecule has 1 fully saturated rings. The van der Waals surface area contributed by atoms with Gasteiger partial charge in [0.25, 0.3) is 11.1 Å². The Labute approximate surface area is 211 Å². The molecule has 1 aliphatic heterocycles. The van der Waals surface area contributed by atoms with Crippen LogP contribution in [0.15, 0.2) is 76.1 Å². The molecular weight excluding hydrogens is 608 g/mol. The topological polar surface area (TPSA) is 46.6 Å². The lowest BCUT2D eigenvalue weighted by Gasteiger charge is -2.12. The van der Waals surface area contributed by atoms with E-state index in [9.17, 15) is 14.0 Å². The van der Waals surface area contributed by atoms with Gasteiger partial charge in [0.05, 0.1) is 15.0 Å². The Hall–Kier alpha value is -2.17. The summed E-state index contributed by atoms with van der Waals surface area (Å²) in [5, 5.41) is -0.288. The molecule has 8 heteroatoms. The van der Waals surface area contributed by atoms with Crippen LogP contribution < -0.4 is 4.74 Å². The van der Waals surface area contributed by atoms with E-state index in [4.69, 9.17) is 4.74 Å². The third kappa shape index (κ3) is 5.41. The van der Waals surface area contributed by atoms with Gasteiger partial charge in [0.15, 0.2) is 0 Å². The molecule has 4 nitrogen and oxygen atoms in total. The van der Waals surface area contributed by atoms with Crippen molar-refractivity contribution in [2.75, 3.05) is 0 Å². The third-order valence-electron chi connectivity index (χ3n) is 4.72. The van der Waals surface area contributed by atoms with Crippen molar-refractivity contribution in [1.82, 2.24) is 4.90 Å². The van der Waals surface area contributed by atoms with E-state index in [0.717, 1.165) is 30.9 Å². The van der Waals surface area contributed by atoms with Crippen LogP contribution >= 0.6 is 50.3 Å². The van der Waals surface area contributed by atoms with E-state index in [2.05, 4.69) is 38.5 Å². The summed E-state index contributed by atoms with van der Waals surface area (Å²) in [6, 6.07) is 19.4. The van der Waals surface area contributed by atoms with Crippen LogP contribution in [0.5, 0.6) is 5.75 Å². The number of halogens is 3. The van der Waals surface area contributed by atoms with Crippen molar-refractivity contribution < 1.29 is 18.7 Å². The molecule has 162 valence electrons. The first kappa shape index (κ1) is 23.0. The quantitative estimate of drug-likeness (QED) is 0.219. The minimum Gasteiger partial charge on any atom is -0.488 e. The molecule has 1 saturated heterocycles. The monoisotopic (exact) mass is 623 g/mol. The van der Waals surface area contributed by atoms with Crippen LogP contribution in [0, 0.1) is 9.39 Å². The van der Waals surface area contributed by atoms with Gasteiger partial charge in [0.1, 0.15) is 18.2 Å². The summed E-state index contributed by atoms with van der Waals surface area (Å²) < 4.78 is 21.3. The molecule has 0 unspecified atom stereocenters. The summed E-state index contributed by atoms with van der Waals surface area (Å²) in [5.74, 6) is 0.00476. The molecule has 2 amide bonds. The zero-order valence-corrected chi connectivity index (χ0v) is 21.1. The normalized spacial score (nSPS) is 15.0. The van der Waals surface area contributed by atoms with Gasteiger partial charge < -0.3 is 4.74 Å². The molecule has 0 spiro atoms. The fourth-order valence-electron chi connectivity index (χ4n) is 3.05. The molecule has 0 aliphatic carbocycles. The van der Waals surface area contributed by atoms with Crippen molar-refractivity contribution in [3.63, 3.8) is 0 Å². The zero-order chi connectivity index (χ0) is 22.7. The maximum absolute atomic E-state index is 13.8. The number of thioether (sulfide) groups is 1. The van der Waals surface area contributed by atoms with Gasteiger partial charge in [-0.1, -0.05) is 52.3 Å². The number of imide groups is 1. The largest absolute Gasteiger partial charge is 0.488 e. The van der Waals surface area contributed by atoms with Crippen LogP contribution in [-0.4, -0.2) is 16.0 Å². The number of ether oxygens (including phenoxy) is 1. The van der Waals surface area contributed by atoms with Crippen molar-refractivity contribution in [3.05, 3.63) is 102 Å². The second-order valence-corrected chi connectivity index (χ2v) is 10.0. The van der Waals surface area contributed by atoms with E-state index in [0.29, 0.717) is 16.2 Å². The van der Waals surface area contributed by atoms with Crippen molar-refractivity contribution in [1.29, 1.82) is 0 Å². The van der Waals surface area contributed by atoms with Gasteiger partial charge in [0.2, 0.25) is 0 Å². The van der Waals surface area contributed by atoms with Gasteiger partial charge >= 0.3 is 0 Å². The van der Waals surface area contributed by atoms with Crippen LogP contribution in [-0.2, 0) is 17.9 Å². The van der Waals surface area contributed by atoms with Crippen molar-refractivity contribution in [2.24, 2.45) is 0 Å². The molecule has 1 aliphatic rings. The number of rotatable bonds is 6. The summed E-state index contributed by atoms with van der Waals surface area (Å²) in [6.45, 7) is 0.354. The molecule has 0 atom stereocenters. The number of benzene rings is 3. The van der Waals surface area contributed by atoms with E-state index in [1.54, 1.807) is 30.3 Å². The van der Waals surface area contributed by atoms with E-state index in [1.807, 2.05) is 36.4 Å². The Kier molecular flexibility index (Phi) is 7.32. The van der Waals surface area contributed by atoms with Crippen LogP contribution in [0.4, 0.5) is 9.18 Å². The maximum atomic E-state index is 13.8. The number of hydrogen-bond acceptors (Lipinski definition) is 4. The average Bonchev–Trinajstić information content (AvgIpc) is 3.03. The molecule has 3 aromatic carbocycles. The molecule has 0 saturated carbocycles. The highest BCUT2D eigenvalue weighted by Gasteiger charge is 2.35. The van der Waals surface area contributed by atoms with E-state index < -0.39 is 0 Å². The average molecular weight is 624 g/mol. The summed E-state index contributed by atoms with van der Waals surface area (Å²) in [4.78, 5) is 26.8. The molecule has 3 aromatic rings. The Bertz CT molecular complexity index is 1220. The van der Waals surface area contributed by atoms with Crippen molar-refractivity contribution >= 4 is 67.5 Å². The first-order valence-electron chi connectivity index (χ1n) is 9.56. The first-order valence-corrected chi connectivity index (χ1v) is 12.2. The summed E-state index contributed by atoms with van der Waals surface area (Å²) in [7, 11) is 0. The standard InChI is InChI=1S/C24H16BrFINO3S/c25-18-8-5-15(6-9-18)13-28-23(29)22(32-24(28)30)12-16-7-10-21(20(27)11-16)31-14-17-3-1-2-4-19(17)26/h1-12H,13-14H2/b22-12-. The number of amides is 2. The fraction of sp³-hybridized carbons (Fsp3) is 0.0833. The molecule has 1 heterocycles. The van der Waals surface area contributed by atoms with Gasteiger partial charge in [-0.2, -0.15) is 0 Å². The summed E-state index contributed by atoms with van der Waals surface area (Å²) in [5.41, 5.74) is 2.14. The summed E-state index contributed by atoms with van der Waals surface area (Å²) >= 11 is 6.44. The minimum atomic E-state index is -0.308. The number of carbonyl (C=O) groups is 2. The van der Waals surface area contributed by atoms with Crippen LogP contribution in [0.1, 0.15) is 16.7 Å². The maximum Gasteiger partial charge on any atom is 0.293 e. The van der Waals surface area contributed by atoms with E-state index in [1.165, 1.54) is 11.0 Å². The van der Waals surface area contributed by atoms with Gasteiger partial charge in [-0.05, 0) is 81.9 Å². The van der Waals surface area contributed by atoms with Crippen molar-refractivity contribution in [3.8, 4) is 5.75 Å². The Morgan fingerprint density at radius 3 is 2.53 bits per heavy atom. The molecule has 32 heavy (non-hydrogen) atoms. The predicted octanol–water partition coefficient (Wildman–Crippen LogP) is 7.01. The predicted molar refractivity (Wildman–Crippen MR) is 136 cm³/mol. The number of nitrogens with zero attached hydrogens (tertiary/aromatic N) is 1. The number of carbonyl (C=O) groups excluding carboxylic acids is 2. The molecule has 0 radical (unpaired) electrons. The van der Waals surface area contributed by atoms with Gasteiger partial charge in [-0.25, -0.2) is 4.39 Å². The lowest BCUT2D eigenvalue weighted by molar-refractivity contribution is -0.123. The third-order valence-corrected chi connectivity index (χ3v) is 7.00. The van der Waals surface area contributed by atoms with Gasteiger partial charge in [-0.3, -0.25) is 14.5 Å². The minimum absolute atomic E-state index is 0.122. The SMILES string of the molecule is O=C1S/C(=C\c2ccc(OCc3ccccc3F)c(I)c2)C(=O)N1Cc1ccc(Br)cc1. The summed E-state index contributed by atoms with van der Waals surface area (Å²) in [6.07, 6.45) is 1.70. The van der Waals surface area contributed by atoms with E-state index in [-0.39, 0.29) is 30.1 Å². The van der Waals surface area contributed by atoms with Crippen molar-refractivity contribution in [2.45, 2.75) is 13.2 Å². The lowest BCUT2D eigenvalue weighted by atomic mass is 10.2. The highest BCUT2D eigenvalue weighted by molar-refractivity contribution is 14.1. The highest BCUT2D eigenvalue weighted by atomic mass is 127. The van der Waals surface area contributed by atoms with Gasteiger partial charge in [-0.15, -0.1) is 0 Å². The number of hydrogen-bond donors (Lipinski definition) is 0. The molecular formula is C24H16BrFINO3S. The fourth-order valence-corrected chi connectivity index (χ4v) is 4.85. The van der Waals surface area contributed by atoms with E-state index >= 15 is 0 Å². The molecule has 4 rings (SSSR count). The zero-order valence-electron chi connectivity index (χ0n) is 16.6. The second-order valence-electron chi connectivity index (χ2n) is 6.96. The second kappa shape index (κ2) is 10.2. The van der Waals surface area contributed by atoms with Crippen LogP contribution in [0.2, 0.25) is 0 Å². The van der Waals surface area contributed by atoms with Crippen LogP contribution in [0.3, 0.4) is 0 Å². The molecule has 0 aromatic heterocycles. The Balaban J connectivity index is 1.45. The molecule has 0 bridgehead atoms. The highest BCUT2D eigenvalue weighted by Crippen LogP contribution is 2.34. The Morgan fingerprint density at radius 1 is 1.06 bits per heavy atom.